The lowest BCUT2D eigenvalue weighted by Gasteiger charge is -2.24. The number of fused-ring (bicyclic) bond motifs is 1. The van der Waals surface area contributed by atoms with Crippen LogP contribution in [0.2, 0.25) is 5.02 Å². The molecule has 0 aromatic heterocycles. The van der Waals surface area contributed by atoms with Gasteiger partial charge in [-0.2, -0.15) is 0 Å². The van der Waals surface area contributed by atoms with Crippen LogP contribution in [0.5, 0.6) is 11.5 Å². The minimum Gasteiger partial charge on any atom is -0.454 e. The van der Waals surface area contributed by atoms with Crippen molar-refractivity contribution in [3.63, 3.8) is 0 Å². The Bertz CT molecular complexity index is 468. The van der Waals surface area contributed by atoms with Crippen LogP contribution in [0.4, 0.5) is 0 Å². The molecule has 1 aromatic rings. The Hall–Kier alpha value is -0.970. The zero-order valence-electron chi connectivity index (χ0n) is 13.3. The number of hydrogen-bond acceptors (Lipinski definition) is 4. The molecule has 0 bridgehead atoms. The zero-order valence-corrected chi connectivity index (χ0v) is 14.0. The number of hydrogen-bond donors (Lipinski definition) is 1. The summed E-state index contributed by atoms with van der Waals surface area (Å²) in [6.45, 7) is 6.56. The lowest BCUT2D eigenvalue weighted by molar-refractivity contribution is 0.174. The zero-order chi connectivity index (χ0) is 15.4. The first-order chi connectivity index (χ1) is 9.95. The molecule has 0 aliphatic carbocycles. The van der Waals surface area contributed by atoms with Crippen LogP contribution in [-0.2, 0) is 6.54 Å². The number of ether oxygens (including phenoxy) is 2. The standard InChI is InChI=1S/C16H25ClN2O2/c1-11(2)5-13(9-19(3)4)18-8-12-6-14(17)16-15(7-12)20-10-21-16/h6-7,11,13,18H,5,8-10H2,1-4H3. The summed E-state index contributed by atoms with van der Waals surface area (Å²) in [6, 6.07) is 4.41. The van der Waals surface area contributed by atoms with Gasteiger partial charge >= 0.3 is 0 Å². The van der Waals surface area contributed by atoms with Gasteiger partial charge in [0.1, 0.15) is 0 Å². The van der Waals surface area contributed by atoms with Crippen LogP contribution in [0.1, 0.15) is 25.8 Å². The maximum atomic E-state index is 6.22. The Morgan fingerprint density at radius 2 is 2.05 bits per heavy atom. The van der Waals surface area contributed by atoms with Gasteiger partial charge in [0, 0.05) is 19.1 Å². The maximum absolute atomic E-state index is 6.22. The van der Waals surface area contributed by atoms with Crippen molar-refractivity contribution < 1.29 is 9.47 Å². The van der Waals surface area contributed by atoms with Gasteiger partial charge in [0.25, 0.3) is 0 Å². The van der Waals surface area contributed by atoms with Crippen molar-refractivity contribution in [2.45, 2.75) is 32.9 Å². The molecule has 4 nitrogen and oxygen atoms in total. The van der Waals surface area contributed by atoms with Gasteiger partial charge < -0.3 is 19.7 Å². The van der Waals surface area contributed by atoms with Crippen LogP contribution in [0.25, 0.3) is 0 Å². The molecule has 0 saturated heterocycles. The van der Waals surface area contributed by atoms with Crippen molar-refractivity contribution in [1.29, 1.82) is 0 Å². The average Bonchev–Trinajstić information content (AvgIpc) is 2.83. The van der Waals surface area contributed by atoms with E-state index in [1.54, 1.807) is 0 Å². The Kier molecular flexibility index (Phi) is 5.73. The van der Waals surface area contributed by atoms with E-state index in [0.29, 0.717) is 22.7 Å². The van der Waals surface area contributed by atoms with Crippen molar-refractivity contribution >= 4 is 11.6 Å². The first kappa shape index (κ1) is 16.4. The number of nitrogens with zero attached hydrogens (tertiary/aromatic N) is 1. The smallest absolute Gasteiger partial charge is 0.231 e. The van der Waals surface area contributed by atoms with E-state index in [0.717, 1.165) is 30.8 Å². The monoisotopic (exact) mass is 312 g/mol. The summed E-state index contributed by atoms with van der Waals surface area (Å²) in [5.41, 5.74) is 1.12. The Labute approximate surface area is 132 Å². The first-order valence-electron chi connectivity index (χ1n) is 7.42. The minimum absolute atomic E-state index is 0.253. The molecule has 0 fully saturated rings. The second-order valence-corrected chi connectivity index (χ2v) is 6.69. The average molecular weight is 313 g/mol. The lowest BCUT2D eigenvalue weighted by atomic mass is 10.0. The Morgan fingerprint density at radius 3 is 2.71 bits per heavy atom. The van der Waals surface area contributed by atoms with Crippen LogP contribution in [0.15, 0.2) is 12.1 Å². The van der Waals surface area contributed by atoms with Crippen molar-refractivity contribution in [1.82, 2.24) is 10.2 Å². The second kappa shape index (κ2) is 7.34. The maximum Gasteiger partial charge on any atom is 0.231 e. The van der Waals surface area contributed by atoms with E-state index in [1.165, 1.54) is 0 Å². The summed E-state index contributed by atoms with van der Waals surface area (Å²) in [5.74, 6) is 2.07. The first-order valence-corrected chi connectivity index (χ1v) is 7.79. The summed E-state index contributed by atoms with van der Waals surface area (Å²) in [5, 5.41) is 4.24. The molecule has 1 aliphatic heterocycles. The Morgan fingerprint density at radius 1 is 1.29 bits per heavy atom. The van der Waals surface area contributed by atoms with Gasteiger partial charge in [-0.05, 0) is 44.1 Å². The number of likely N-dealkylation sites (N-methyl/N-ethyl adjacent to an activating group) is 1. The number of benzene rings is 1. The van der Waals surface area contributed by atoms with E-state index in [9.17, 15) is 0 Å². The molecule has 21 heavy (non-hydrogen) atoms. The van der Waals surface area contributed by atoms with Crippen molar-refractivity contribution in [3.8, 4) is 11.5 Å². The predicted molar refractivity (Wildman–Crippen MR) is 86.2 cm³/mol. The van der Waals surface area contributed by atoms with Crippen molar-refractivity contribution in [2.75, 3.05) is 27.4 Å². The Balaban J connectivity index is 1.98. The van der Waals surface area contributed by atoms with Crippen molar-refractivity contribution in [3.05, 3.63) is 22.7 Å². The van der Waals surface area contributed by atoms with Gasteiger partial charge in [0.15, 0.2) is 11.5 Å². The van der Waals surface area contributed by atoms with Gasteiger partial charge in [-0.3, -0.25) is 0 Å². The molecule has 1 N–H and O–H groups in total. The van der Waals surface area contributed by atoms with E-state index in [1.807, 2.05) is 12.1 Å². The normalized spacial score (nSPS) is 15.0. The molecule has 0 amide bonds. The van der Waals surface area contributed by atoms with Gasteiger partial charge in [0.2, 0.25) is 6.79 Å². The molecule has 1 unspecified atom stereocenters. The van der Waals surface area contributed by atoms with Gasteiger partial charge in [-0.25, -0.2) is 0 Å². The van der Waals surface area contributed by atoms with E-state index < -0.39 is 0 Å². The highest BCUT2D eigenvalue weighted by Gasteiger charge is 2.19. The third-order valence-electron chi connectivity index (χ3n) is 3.42. The molecule has 2 rings (SSSR count). The second-order valence-electron chi connectivity index (χ2n) is 6.28. The van der Waals surface area contributed by atoms with Crippen LogP contribution in [0.3, 0.4) is 0 Å². The minimum atomic E-state index is 0.253. The molecule has 5 heteroatoms. The summed E-state index contributed by atoms with van der Waals surface area (Å²) < 4.78 is 10.7. The topological polar surface area (TPSA) is 33.7 Å². The van der Waals surface area contributed by atoms with Crippen LogP contribution in [-0.4, -0.2) is 38.4 Å². The largest absolute Gasteiger partial charge is 0.454 e. The molecule has 0 radical (unpaired) electrons. The number of rotatable bonds is 7. The predicted octanol–water partition coefficient (Wildman–Crippen LogP) is 3.13. The molecular formula is C16H25ClN2O2. The molecule has 0 saturated carbocycles. The fraction of sp³-hybridized carbons (Fsp3) is 0.625. The summed E-state index contributed by atoms with van der Waals surface area (Å²) in [6.07, 6.45) is 1.15. The third-order valence-corrected chi connectivity index (χ3v) is 3.70. The quantitative estimate of drug-likeness (QED) is 0.838. The van der Waals surface area contributed by atoms with E-state index >= 15 is 0 Å². The van der Waals surface area contributed by atoms with E-state index in [-0.39, 0.29) is 6.79 Å². The summed E-state index contributed by atoms with van der Waals surface area (Å²) in [7, 11) is 4.21. The highest BCUT2D eigenvalue weighted by molar-refractivity contribution is 6.32. The summed E-state index contributed by atoms with van der Waals surface area (Å²) >= 11 is 6.22. The highest BCUT2D eigenvalue weighted by atomic mass is 35.5. The van der Waals surface area contributed by atoms with Crippen LogP contribution >= 0.6 is 11.6 Å². The number of nitrogens with one attached hydrogen (secondary N) is 1. The number of halogens is 1. The van der Waals surface area contributed by atoms with Crippen molar-refractivity contribution in [2.24, 2.45) is 5.92 Å². The van der Waals surface area contributed by atoms with E-state index in [4.69, 9.17) is 21.1 Å². The van der Waals surface area contributed by atoms with E-state index in [2.05, 4.69) is 38.2 Å². The molecule has 0 spiro atoms. The molecule has 1 heterocycles. The van der Waals surface area contributed by atoms with Gasteiger partial charge in [-0.15, -0.1) is 0 Å². The molecule has 1 atom stereocenters. The lowest BCUT2D eigenvalue weighted by Crippen LogP contribution is -2.38. The molecule has 118 valence electrons. The van der Waals surface area contributed by atoms with Crippen LogP contribution in [0, 0.1) is 5.92 Å². The SMILES string of the molecule is CC(C)CC(CN(C)C)NCc1cc(Cl)c2c(c1)OCO2. The molecular weight excluding hydrogens is 288 g/mol. The fourth-order valence-corrected chi connectivity index (χ4v) is 2.91. The highest BCUT2D eigenvalue weighted by Crippen LogP contribution is 2.39. The van der Waals surface area contributed by atoms with Gasteiger partial charge in [-0.1, -0.05) is 25.4 Å². The van der Waals surface area contributed by atoms with Gasteiger partial charge in [0.05, 0.1) is 5.02 Å². The fourth-order valence-electron chi connectivity index (χ4n) is 2.62. The summed E-state index contributed by atoms with van der Waals surface area (Å²) in [4.78, 5) is 2.21. The third kappa shape index (κ3) is 4.77. The molecule has 1 aromatic carbocycles. The van der Waals surface area contributed by atoms with Crippen LogP contribution < -0.4 is 14.8 Å². The molecule has 1 aliphatic rings.